The van der Waals surface area contributed by atoms with Crippen LogP contribution in [-0.2, 0) is 6.18 Å². The molecule has 3 aromatic rings. The monoisotopic (exact) mass is 263 g/mol. The number of pyridine rings is 2. The summed E-state index contributed by atoms with van der Waals surface area (Å²) in [5.74, 6) is 0. The molecule has 96 valence electrons. The minimum absolute atomic E-state index is 0.246. The summed E-state index contributed by atoms with van der Waals surface area (Å²) < 4.78 is 39.6. The van der Waals surface area contributed by atoms with Crippen molar-refractivity contribution < 1.29 is 13.2 Å². The Morgan fingerprint density at radius 1 is 0.947 bits per heavy atom. The van der Waals surface area contributed by atoms with Crippen molar-refractivity contribution >= 4 is 5.65 Å². The molecule has 0 saturated heterocycles. The highest BCUT2D eigenvalue weighted by Gasteiger charge is 2.33. The first-order valence-electron chi connectivity index (χ1n) is 5.52. The van der Waals surface area contributed by atoms with E-state index in [9.17, 15) is 13.2 Å². The lowest BCUT2D eigenvalue weighted by Gasteiger charge is -2.08. The molecule has 0 radical (unpaired) electrons. The second kappa shape index (κ2) is 4.08. The topological polar surface area (TPSA) is 30.2 Å². The van der Waals surface area contributed by atoms with Crippen LogP contribution in [0.4, 0.5) is 13.2 Å². The SMILES string of the molecule is FC(F)(F)c1cccc2nc(-c3ccccn3)cn12. The maximum absolute atomic E-state index is 12.9. The molecule has 0 aromatic carbocycles. The van der Waals surface area contributed by atoms with Crippen molar-refractivity contribution in [3.05, 3.63) is 54.5 Å². The van der Waals surface area contributed by atoms with Gasteiger partial charge in [-0.3, -0.25) is 9.38 Å². The van der Waals surface area contributed by atoms with Gasteiger partial charge in [0.05, 0.1) is 5.69 Å². The number of imidazole rings is 1. The van der Waals surface area contributed by atoms with Crippen molar-refractivity contribution in [2.45, 2.75) is 6.18 Å². The first-order chi connectivity index (χ1) is 9.05. The van der Waals surface area contributed by atoms with Crippen molar-refractivity contribution in [2.75, 3.05) is 0 Å². The third-order valence-corrected chi connectivity index (χ3v) is 2.71. The van der Waals surface area contributed by atoms with Gasteiger partial charge in [-0.2, -0.15) is 13.2 Å². The van der Waals surface area contributed by atoms with Crippen LogP contribution in [0.2, 0.25) is 0 Å². The Kier molecular flexibility index (Phi) is 2.51. The number of aromatic nitrogens is 3. The van der Waals surface area contributed by atoms with Gasteiger partial charge in [0.25, 0.3) is 0 Å². The number of hydrogen-bond donors (Lipinski definition) is 0. The smallest absolute Gasteiger partial charge is 0.295 e. The fourth-order valence-electron chi connectivity index (χ4n) is 1.88. The van der Waals surface area contributed by atoms with Crippen molar-refractivity contribution in [3.8, 4) is 11.4 Å². The molecule has 3 aromatic heterocycles. The summed E-state index contributed by atoms with van der Waals surface area (Å²) in [7, 11) is 0. The largest absolute Gasteiger partial charge is 0.431 e. The second-order valence-electron chi connectivity index (χ2n) is 3.98. The number of rotatable bonds is 1. The van der Waals surface area contributed by atoms with Gasteiger partial charge in [0.1, 0.15) is 17.0 Å². The number of hydrogen-bond acceptors (Lipinski definition) is 2. The summed E-state index contributed by atoms with van der Waals surface area (Å²) in [5.41, 5.74) is 0.451. The Bertz CT molecular complexity index is 717. The molecular formula is C13H8F3N3. The first-order valence-corrected chi connectivity index (χ1v) is 5.52. The van der Waals surface area contributed by atoms with Gasteiger partial charge in [-0.05, 0) is 24.3 Å². The number of alkyl halides is 3. The van der Waals surface area contributed by atoms with Crippen LogP contribution in [0.3, 0.4) is 0 Å². The van der Waals surface area contributed by atoms with Crippen LogP contribution in [0, 0.1) is 0 Å². The van der Waals surface area contributed by atoms with Crippen molar-refractivity contribution in [1.29, 1.82) is 0 Å². The minimum atomic E-state index is -4.42. The van der Waals surface area contributed by atoms with Gasteiger partial charge in [0, 0.05) is 12.4 Å². The Balaban J connectivity index is 2.22. The van der Waals surface area contributed by atoms with Gasteiger partial charge >= 0.3 is 6.18 Å². The van der Waals surface area contributed by atoms with Crippen molar-refractivity contribution in [1.82, 2.24) is 14.4 Å². The molecule has 0 fully saturated rings. The number of halogens is 3. The van der Waals surface area contributed by atoms with E-state index in [0.29, 0.717) is 11.4 Å². The maximum atomic E-state index is 12.9. The van der Waals surface area contributed by atoms with Crippen LogP contribution in [0.15, 0.2) is 48.8 Å². The quantitative estimate of drug-likeness (QED) is 0.673. The van der Waals surface area contributed by atoms with Gasteiger partial charge in [0.15, 0.2) is 0 Å². The van der Waals surface area contributed by atoms with E-state index in [1.54, 1.807) is 24.4 Å². The standard InChI is InChI=1S/C13H8F3N3/c14-13(15,16)11-5-3-6-12-18-10(8-19(11)12)9-4-1-2-7-17-9/h1-8H. The van der Waals surface area contributed by atoms with E-state index in [4.69, 9.17) is 0 Å². The first kappa shape index (κ1) is 11.7. The molecule has 0 bridgehead atoms. The van der Waals surface area contributed by atoms with E-state index in [2.05, 4.69) is 9.97 Å². The fraction of sp³-hybridized carbons (Fsp3) is 0.0769. The molecule has 0 N–H and O–H groups in total. The van der Waals surface area contributed by atoms with E-state index in [0.717, 1.165) is 10.5 Å². The molecule has 0 amide bonds. The predicted molar refractivity (Wildman–Crippen MR) is 63.4 cm³/mol. The van der Waals surface area contributed by atoms with Crippen LogP contribution in [0.1, 0.15) is 5.69 Å². The summed E-state index contributed by atoms with van der Waals surface area (Å²) in [6.45, 7) is 0. The zero-order valence-electron chi connectivity index (χ0n) is 9.59. The van der Waals surface area contributed by atoms with Crippen molar-refractivity contribution in [2.24, 2.45) is 0 Å². The molecule has 3 rings (SSSR count). The lowest BCUT2D eigenvalue weighted by Crippen LogP contribution is -2.10. The Hall–Kier alpha value is -2.37. The van der Waals surface area contributed by atoms with E-state index < -0.39 is 11.9 Å². The van der Waals surface area contributed by atoms with Crippen LogP contribution in [-0.4, -0.2) is 14.4 Å². The highest BCUT2D eigenvalue weighted by molar-refractivity contribution is 5.59. The Morgan fingerprint density at radius 3 is 2.47 bits per heavy atom. The highest BCUT2D eigenvalue weighted by atomic mass is 19.4. The molecular weight excluding hydrogens is 255 g/mol. The molecule has 0 aliphatic rings. The van der Waals surface area contributed by atoms with Gasteiger partial charge in [-0.1, -0.05) is 12.1 Å². The molecule has 19 heavy (non-hydrogen) atoms. The summed E-state index contributed by atoms with van der Waals surface area (Å²) in [5, 5.41) is 0. The van der Waals surface area contributed by atoms with Gasteiger partial charge in [-0.25, -0.2) is 4.98 Å². The lowest BCUT2D eigenvalue weighted by atomic mass is 10.3. The predicted octanol–water partition coefficient (Wildman–Crippen LogP) is 3.42. The third-order valence-electron chi connectivity index (χ3n) is 2.71. The molecule has 0 aliphatic heterocycles. The third kappa shape index (κ3) is 2.05. The average Bonchev–Trinajstić information content (AvgIpc) is 2.82. The highest BCUT2D eigenvalue weighted by Crippen LogP contribution is 2.30. The van der Waals surface area contributed by atoms with Gasteiger partial charge < -0.3 is 0 Å². The maximum Gasteiger partial charge on any atom is 0.431 e. The lowest BCUT2D eigenvalue weighted by molar-refractivity contribution is -0.142. The molecule has 0 aliphatic carbocycles. The van der Waals surface area contributed by atoms with Crippen LogP contribution in [0.5, 0.6) is 0 Å². The van der Waals surface area contributed by atoms with Gasteiger partial charge in [0.2, 0.25) is 0 Å². The fourth-order valence-corrected chi connectivity index (χ4v) is 1.88. The number of nitrogens with zero attached hydrogens (tertiary/aromatic N) is 3. The summed E-state index contributed by atoms with van der Waals surface area (Å²) >= 11 is 0. The van der Waals surface area contributed by atoms with Crippen LogP contribution < -0.4 is 0 Å². The van der Waals surface area contributed by atoms with Gasteiger partial charge in [-0.15, -0.1) is 0 Å². The summed E-state index contributed by atoms with van der Waals surface area (Å²) in [4.78, 5) is 8.24. The summed E-state index contributed by atoms with van der Waals surface area (Å²) in [6, 6.07) is 9.10. The molecule has 3 nitrogen and oxygen atoms in total. The molecule has 0 spiro atoms. The zero-order chi connectivity index (χ0) is 13.5. The van der Waals surface area contributed by atoms with E-state index in [-0.39, 0.29) is 5.65 Å². The average molecular weight is 263 g/mol. The second-order valence-corrected chi connectivity index (χ2v) is 3.98. The molecule has 6 heteroatoms. The van der Waals surface area contributed by atoms with E-state index in [1.165, 1.54) is 18.3 Å². The summed E-state index contributed by atoms with van der Waals surface area (Å²) in [6.07, 6.45) is -1.49. The van der Waals surface area contributed by atoms with E-state index in [1.807, 2.05) is 0 Å². The Morgan fingerprint density at radius 2 is 1.79 bits per heavy atom. The van der Waals surface area contributed by atoms with Crippen molar-refractivity contribution in [3.63, 3.8) is 0 Å². The normalized spacial score (nSPS) is 11.9. The van der Waals surface area contributed by atoms with E-state index >= 15 is 0 Å². The van der Waals surface area contributed by atoms with Crippen LogP contribution >= 0.6 is 0 Å². The molecule has 0 atom stereocenters. The minimum Gasteiger partial charge on any atom is -0.295 e. The molecule has 0 unspecified atom stereocenters. The zero-order valence-corrected chi connectivity index (χ0v) is 9.59. The Labute approximate surface area is 106 Å². The molecule has 3 heterocycles. The molecule has 0 saturated carbocycles. The number of fused-ring (bicyclic) bond motifs is 1. The van der Waals surface area contributed by atoms with Crippen LogP contribution in [0.25, 0.3) is 17.0 Å².